The molecular weight excluding hydrogens is 439 g/mol. The van der Waals surface area contributed by atoms with Gasteiger partial charge < -0.3 is 14.6 Å². The highest BCUT2D eigenvalue weighted by atomic mass is 127. The van der Waals surface area contributed by atoms with Crippen LogP contribution in [0.1, 0.15) is 70.8 Å². The molecule has 2 aliphatic rings. The summed E-state index contributed by atoms with van der Waals surface area (Å²) < 4.78 is 14.5. The van der Waals surface area contributed by atoms with Crippen LogP contribution >= 0.6 is 22.6 Å². The van der Waals surface area contributed by atoms with Crippen LogP contribution in [0.25, 0.3) is 0 Å². The molecule has 1 aromatic rings. The van der Waals surface area contributed by atoms with E-state index < -0.39 is 17.5 Å². The zero-order valence-electron chi connectivity index (χ0n) is 16.3. The summed E-state index contributed by atoms with van der Waals surface area (Å²) in [7, 11) is 0. The Balaban J connectivity index is 2.20. The van der Waals surface area contributed by atoms with Crippen LogP contribution < -0.4 is 0 Å². The minimum atomic E-state index is -0.724. The van der Waals surface area contributed by atoms with Gasteiger partial charge in [-0.25, -0.2) is 0 Å². The van der Waals surface area contributed by atoms with Crippen LogP contribution in [-0.2, 0) is 9.47 Å². The summed E-state index contributed by atoms with van der Waals surface area (Å²) in [5.41, 5.74) is 2.57. The van der Waals surface area contributed by atoms with Gasteiger partial charge in [0.2, 0.25) is 0 Å². The molecular formula is C22H29IO3. The van der Waals surface area contributed by atoms with Gasteiger partial charge in [-0.15, -0.1) is 6.58 Å². The van der Waals surface area contributed by atoms with Crippen LogP contribution in [0.15, 0.2) is 46.1 Å². The largest absolute Gasteiger partial charge is 0.384 e. The number of allylic oxidation sites excluding steroid dienone is 1. The van der Waals surface area contributed by atoms with E-state index in [1.54, 1.807) is 6.08 Å². The summed E-state index contributed by atoms with van der Waals surface area (Å²) in [6, 6.07) is 7.94. The summed E-state index contributed by atoms with van der Waals surface area (Å²) in [5.74, 6) is -0.684. The lowest BCUT2D eigenvalue weighted by Gasteiger charge is -2.50. The summed E-state index contributed by atoms with van der Waals surface area (Å²) >= 11 is 2.47. The van der Waals surface area contributed by atoms with Crippen LogP contribution in [0, 0.1) is 5.41 Å². The Bertz CT molecular complexity index is 750. The molecule has 1 aliphatic carbocycles. The van der Waals surface area contributed by atoms with Gasteiger partial charge in [0.25, 0.3) is 0 Å². The molecule has 1 heterocycles. The zero-order valence-corrected chi connectivity index (χ0v) is 18.5. The minimum Gasteiger partial charge on any atom is -0.384 e. The SMILES string of the molecule is C=CC(O)c1ccccc1[C@@H]1OC(C)(C)O[C@]12CCC(C)=C(I)C2(C)C. The van der Waals surface area contributed by atoms with Gasteiger partial charge >= 0.3 is 0 Å². The molecule has 1 spiro atoms. The van der Waals surface area contributed by atoms with Gasteiger partial charge in [0.05, 0.1) is 6.10 Å². The first-order chi connectivity index (χ1) is 12.1. The molecule has 0 bridgehead atoms. The van der Waals surface area contributed by atoms with Crippen LogP contribution in [-0.4, -0.2) is 16.5 Å². The molecule has 0 saturated carbocycles. The van der Waals surface area contributed by atoms with E-state index in [9.17, 15) is 5.11 Å². The Morgan fingerprint density at radius 1 is 1.27 bits per heavy atom. The summed E-state index contributed by atoms with van der Waals surface area (Å²) in [4.78, 5) is 0. The highest BCUT2D eigenvalue weighted by Crippen LogP contribution is 2.63. The third-order valence-electron chi connectivity index (χ3n) is 5.93. The lowest BCUT2D eigenvalue weighted by Crippen LogP contribution is -2.51. The first-order valence-corrected chi connectivity index (χ1v) is 10.3. The van der Waals surface area contributed by atoms with Crippen molar-refractivity contribution in [2.45, 2.75) is 71.1 Å². The van der Waals surface area contributed by atoms with E-state index in [4.69, 9.17) is 9.47 Å². The second-order valence-electron chi connectivity index (χ2n) is 8.42. The fraction of sp³-hybridized carbons (Fsp3) is 0.545. The predicted octanol–water partition coefficient (Wildman–Crippen LogP) is 6.00. The molecule has 3 rings (SSSR count). The maximum atomic E-state index is 10.5. The number of hydrogen-bond donors (Lipinski definition) is 1. The van der Waals surface area contributed by atoms with Crippen molar-refractivity contribution in [1.29, 1.82) is 0 Å². The lowest BCUT2D eigenvalue weighted by molar-refractivity contribution is -0.183. The average molecular weight is 468 g/mol. The maximum absolute atomic E-state index is 10.5. The molecule has 1 fully saturated rings. The number of aliphatic hydroxyl groups excluding tert-OH is 1. The predicted molar refractivity (Wildman–Crippen MR) is 113 cm³/mol. The molecule has 1 aliphatic heterocycles. The molecule has 0 radical (unpaired) electrons. The maximum Gasteiger partial charge on any atom is 0.164 e. The van der Waals surface area contributed by atoms with Crippen molar-refractivity contribution < 1.29 is 14.6 Å². The molecule has 3 atom stereocenters. The molecule has 3 nitrogen and oxygen atoms in total. The topological polar surface area (TPSA) is 38.7 Å². The van der Waals surface area contributed by atoms with Crippen molar-refractivity contribution in [3.05, 3.63) is 57.2 Å². The summed E-state index contributed by atoms with van der Waals surface area (Å²) in [6.07, 6.45) is 2.47. The van der Waals surface area contributed by atoms with E-state index in [-0.39, 0.29) is 11.5 Å². The third kappa shape index (κ3) is 2.99. The van der Waals surface area contributed by atoms with Crippen LogP contribution in [0.5, 0.6) is 0 Å². The van der Waals surface area contributed by atoms with Crippen molar-refractivity contribution in [1.82, 2.24) is 0 Å². The molecule has 0 aromatic heterocycles. The van der Waals surface area contributed by atoms with E-state index in [0.717, 1.165) is 24.0 Å². The first kappa shape index (κ1) is 20.1. The van der Waals surface area contributed by atoms with Crippen LogP contribution in [0.3, 0.4) is 0 Å². The van der Waals surface area contributed by atoms with Gasteiger partial charge in [0.15, 0.2) is 5.79 Å². The quantitative estimate of drug-likeness (QED) is 0.437. The van der Waals surface area contributed by atoms with E-state index in [1.807, 2.05) is 38.1 Å². The van der Waals surface area contributed by atoms with Gasteiger partial charge in [0, 0.05) is 5.41 Å². The van der Waals surface area contributed by atoms with Gasteiger partial charge in [-0.3, -0.25) is 0 Å². The van der Waals surface area contributed by atoms with Gasteiger partial charge in [-0.1, -0.05) is 49.8 Å². The molecule has 1 aromatic carbocycles. The number of halogens is 1. The minimum absolute atomic E-state index is 0.194. The second kappa shape index (κ2) is 6.73. The van der Waals surface area contributed by atoms with E-state index in [2.05, 4.69) is 49.9 Å². The van der Waals surface area contributed by atoms with Crippen LogP contribution in [0.2, 0.25) is 0 Å². The molecule has 1 saturated heterocycles. The Morgan fingerprint density at radius 3 is 2.58 bits per heavy atom. The molecule has 1 N–H and O–H groups in total. The normalized spacial score (nSPS) is 31.3. The van der Waals surface area contributed by atoms with Crippen molar-refractivity contribution in [3.8, 4) is 0 Å². The molecule has 142 valence electrons. The van der Waals surface area contributed by atoms with Gasteiger partial charge in [-0.2, -0.15) is 0 Å². The molecule has 0 amide bonds. The monoisotopic (exact) mass is 468 g/mol. The Morgan fingerprint density at radius 2 is 1.92 bits per heavy atom. The number of hydrogen-bond acceptors (Lipinski definition) is 3. The standard InChI is InChI=1S/C22H29IO3/c1-7-17(24)15-10-8-9-11-16(15)19-22(26-21(5,6)25-19)13-12-14(2)18(23)20(22,3)4/h7-11,17,19,24H,1,12-13H2,2-6H3/t17?,19-,22+/m0/s1. The van der Waals surface area contributed by atoms with Crippen molar-refractivity contribution >= 4 is 22.6 Å². The lowest BCUT2D eigenvalue weighted by atomic mass is 9.63. The number of ether oxygens (including phenoxy) is 2. The fourth-order valence-corrected chi connectivity index (χ4v) is 5.23. The van der Waals surface area contributed by atoms with E-state index in [1.165, 1.54) is 9.15 Å². The third-order valence-corrected chi connectivity index (χ3v) is 8.20. The Labute approximate surface area is 170 Å². The van der Waals surface area contributed by atoms with E-state index in [0.29, 0.717) is 0 Å². The second-order valence-corrected chi connectivity index (χ2v) is 9.50. The first-order valence-electron chi connectivity index (χ1n) is 9.19. The van der Waals surface area contributed by atoms with Gasteiger partial charge in [-0.05, 0) is 70.9 Å². The summed E-state index contributed by atoms with van der Waals surface area (Å²) in [5, 5.41) is 10.5. The van der Waals surface area contributed by atoms with Crippen molar-refractivity contribution in [2.75, 3.05) is 0 Å². The van der Waals surface area contributed by atoms with Crippen molar-refractivity contribution in [2.24, 2.45) is 5.41 Å². The van der Waals surface area contributed by atoms with Crippen molar-refractivity contribution in [3.63, 3.8) is 0 Å². The summed E-state index contributed by atoms with van der Waals surface area (Å²) in [6.45, 7) is 14.4. The fourth-order valence-electron chi connectivity index (χ4n) is 4.51. The zero-order chi connectivity index (χ0) is 19.3. The highest BCUT2D eigenvalue weighted by molar-refractivity contribution is 14.1. The Hall–Kier alpha value is -0.690. The highest BCUT2D eigenvalue weighted by Gasteiger charge is 2.63. The number of aliphatic hydroxyl groups is 1. The van der Waals surface area contributed by atoms with Gasteiger partial charge in [0.1, 0.15) is 11.7 Å². The Kier molecular flexibility index (Phi) is 5.19. The number of benzene rings is 1. The number of rotatable bonds is 3. The average Bonchev–Trinajstić information content (AvgIpc) is 2.89. The van der Waals surface area contributed by atoms with E-state index >= 15 is 0 Å². The molecule has 4 heteroatoms. The molecule has 1 unspecified atom stereocenters. The molecule has 26 heavy (non-hydrogen) atoms. The smallest absolute Gasteiger partial charge is 0.164 e. The van der Waals surface area contributed by atoms with Crippen LogP contribution in [0.4, 0.5) is 0 Å².